The van der Waals surface area contributed by atoms with Crippen molar-refractivity contribution in [2.24, 2.45) is 0 Å². The topological polar surface area (TPSA) is 72.5 Å². The van der Waals surface area contributed by atoms with Crippen LogP contribution in [0.5, 0.6) is 5.75 Å². The monoisotopic (exact) mass is 341 g/mol. The summed E-state index contributed by atoms with van der Waals surface area (Å²) < 4.78 is 11.1. The molecule has 0 aliphatic carbocycles. The first-order valence-electron chi connectivity index (χ1n) is 8.60. The highest BCUT2D eigenvalue weighted by molar-refractivity contribution is 5.94. The number of amides is 1. The highest BCUT2D eigenvalue weighted by Gasteiger charge is 2.17. The summed E-state index contributed by atoms with van der Waals surface area (Å²) in [5.41, 5.74) is 2.08. The first-order chi connectivity index (χ1) is 12.3. The summed E-state index contributed by atoms with van der Waals surface area (Å²) >= 11 is 0. The van der Waals surface area contributed by atoms with Crippen LogP contribution in [0.2, 0.25) is 0 Å². The minimum Gasteiger partial charge on any atom is -0.492 e. The van der Waals surface area contributed by atoms with E-state index in [1.807, 2.05) is 31.2 Å². The van der Waals surface area contributed by atoms with Crippen molar-refractivity contribution in [3.63, 3.8) is 0 Å². The standard InChI is InChI=1S/C19H23N3O3/c1-2-24-18-8-4-3-7-17(18)22-15-10-14(11-20-12-15)19(23)21-13-16-6-5-9-25-16/h3-4,7-8,10-12,16,22H,2,5-6,9,13H2,1H3,(H,21,23). The number of anilines is 2. The Bertz CT molecular complexity index is 715. The molecule has 25 heavy (non-hydrogen) atoms. The summed E-state index contributed by atoms with van der Waals surface area (Å²) in [5.74, 6) is 0.614. The Morgan fingerprint density at radius 1 is 1.36 bits per heavy atom. The number of ether oxygens (including phenoxy) is 2. The van der Waals surface area contributed by atoms with E-state index < -0.39 is 0 Å². The normalized spacial score (nSPS) is 16.4. The highest BCUT2D eigenvalue weighted by Crippen LogP contribution is 2.27. The number of nitrogens with one attached hydrogen (secondary N) is 2. The third kappa shape index (κ3) is 4.70. The molecule has 0 bridgehead atoms. The number of hydrogen-bond donors (Lipinski definition) is 2. The van der Waals surface area contributed by atoms with Gasteiger partial charge in [0.05, 0.1) is 35.8 Å². The molecule has 1 aromatic heterocycles. The molecule has 6 nitrogen and oxygen atoms in total. The van der Waals surface area contributed by atoms with Crippen molar-refractivity contribution in [1.29, 1.82) is 0 Å². The van der Waals surface area contributed by atoms with Crippen molar-refractivity contribution in [3.8, 4) is 5.75 Å². The molecule has 2 N–H and O–H groups in total. The number of nitrogens with zero attached hydrogens (tertiary/aromatic N) is 1. The molecule has 1 saturated heterocycles. The molecule has 0 radical (unpaired) electrons. The van der Waals surface area contributed by atoms with Gasteiger partial charge in [0.2, 0.25) is 0 Å². The van der Waals surface area contributed by atoms with Gasteiger partial charge in [0.15, 0.2) is 0 Å². The fourth-order valence-electron chi connectivity index (χ4n) is 2.75. The number of rotatable bonds is 7. The van der Waals surface area contributed by atoms with Crippen molar-refractivity contribution in [3.05, 3.63) is 48.3 Å². The summed E-state index contributed by atoms with van der Waals surface area (Å²) in [6, 6.07) is 9.45. The lowest BCUT2D eigenvalue weighted by atomic mass is 10.2. The molecule has 6 heteroatoms. The van der Waals surface area contributed by atoms with Gasteiger partial charge in [0.25, 0.3) is 5.91 Å². The molecule has 1 aliphatic rings. The van der Waals surface area contributed by atoms with Gasteiger partial charge in [0, 0.05) is 19.3 Å². The van der Waals surface area contributed by atoms with Crippen LogP contribution in [0.1, 0.15) is 30.1 Å². The Hall–Kier alpha value is -2.60. The van der Waals surface area contributed by atoms with E-state index in [-0.39, 0.29) is 12.0 Å². The molecule has 3 rings (SSSR count). The Balaban J connectivity index is 1.65. The zero-order valence-electron chi connectivity index (χ0n) is 14.3. The van der Waals surface area contributed by atoms with Gasteiger partial charge in [-0.3, -0.25) is 9.78 Å². The molecule has 1 amide bonds. The molecule has 132 valence electrons. The quantitative estimate of drug-likeness (QED) is 0.809. The zero-order valence-corrected chi connectivity index (χ0v) is 14.3. The fraction of sp³-hybridized carbons (Fsp3) is 0.368. The summed E-state index contributed by atoms with van der Waals surface area (Å²) in [5, 5.41) is 6.16. The van der Waals surface area contributed by atoms with Crippen LogP contribution in [-0.4, -0.2) is 36.8 Å². The average molecular weight is 341 g/mol. The summed E-state index contributed by atoms with van der Waals surface area (Å²) in [4.78, 5) is 16.5. The minimum absolute atomic E-state index is 0.122. The van der Waals surface area contributed by atoms with Crippen LogP contribution < -0.4 is 15.4 Å². The Kier molecular flexibility index (Phi) is 5.85. The molecule has 2 heterocycles. The highest BCUT2D eigenvalue weighted by atomic mass is 16.5. The van der Waals surface area contributed by atoms with Gasteiger partial charge < -0.3 is 20.1 Å². The van der Waals surface area contributed by atoms with E-state index in [1.54, 1.807) is 18.5 Å². The van der Waals surface area contributed by atoms with Crippen LogP contribution in [0.4, 0.5) is 11.4 Å². The fourth-order valence-corrected chi connectivity index (χ4v) is 2.75. The molecule has 0 spiro atoms. The Morgan fingerprint density at radius 2 is 2.24 bits per heavy atom. The van der Waals surface area contributed by atoms with Crippen LogP contribution >= 0.6 is 0 Å². The second-order valence-electron chi connectivity index (χ2n) is 5.86. The van der Waals surface area contributed by atoms with Gasteiger partial charge >= 0.3 is 0 Å². The van der Waals surface area contributed by atoms with Crippen LogP contribution in [0.25, 0.3) is 0 Å². The van der Waals surface area contributed by atoms with Crippen molar-refractivity contribution in [2.45, 2.75) is 25.9 Å². The number of hydrogen-bond acceptors (Lipinski definition) is 5. The average Bonchev–Trinajstić information content (AvgIpc) is 3.15. The zero-order chi connectivity index (χ0) is 17.5. The molecule has 1 unspecified atom stereocenters. The lowest BCUT2D eigenvalue weighted by molar-refractivity contribution is 0.0857. The number of para-hydroxylation sites is 2. The first kappa shape index (κ1) is 17.2. The minimum atomic E-state index is -0.148. The molecule has 1 atom stereocenters. The molecule has 1 fully saturated rings. The van der Waals surface area contributed by atoms with E-state index in [2.05, 4.69) is 15.6 Å². The molecule has 0 saturated carbocycles. The second-order valence-corrected chi connectivity index (χ2v) is 5.86. The largest absolute Gasteiger partial charge is 0.492 e. The van der Waals surface area contributed by atoms with Crippen molar-refractivity contribution in [2.75, 3.05) is 25.1 Å². The predicted molar refractivity (Wildman–Crippen MR) is 96.4 cm³/mol. The maximum absolute atomic E-state index is 12.3. The van der Waals surface area contributed by atoms with Gasteiger partial charge in [-0.2, -0.15) is 0 Å². The van der Waals surface area contributed by atoms with Crippen LogP contribution in [0, 0.1) is 0 Å². The SMILES string of the molecule is CCOc1ccccc1Nc1cncc(C(=O)NCC2CCCO2)c1. The number of pyridine rings is 1. The van der Waals surface area contributed by atoms with E-state index in [4.69, 9.17) is 9.47 Å². The lowest BCUT2D eigenvalue weighted by Gasteiger charge is -2.13. The van der Waals surface area contributed by atoms with Gasteiger partial charge in [-0.1, -0.05) is 12.1 Å². The number of benzene rings is 1. The second kappa shape index (κ2) is 8.48. The lowest BCUT2D eigenvalue weighted by Crippen LogP contribution is -2.31. The van der Waals surface area contributed by atoms with Gasteiger partial charge in [-0.05, 0) is 38.0 Å². The Morgan fingerprint density at radius 3 is 3.04 bits per heavy atom. The van der Waals surface area contributed by atoms with Gasteiger partial charge in [0.1, 0.15) is 5.75 Å². The smallest absolute Gasteiger partial charge is 0.253 e. The molecular weight excluding hydrogens is 318 g/mol. The number of aromatic nitrogens is 1. The van der Waals surface area contributed by atoms with Crippen LogP contribution in [0.3, 0.4) is 0 Å². The summed E-state index contributed by atoms with van der Waals surface area (Å²) in [6.07, 6.45) is 5.41. The molecule has 1 aliphatic heterocycles. The van der Waals surface area contributed by atoms with Crippen molar-refractivity contribution < 1.29 is 14.3 Å². The van der Waals surface area contributed by atoms with Gasteiger partial charge in [-0.15, -0.1) is 0 Å². The maximum Gasteiger partial charge on any atom is 0.253 e. The van der Waals surface area contributed by atoms with Gasteiger partial charge in [-0.25, -0.2) is 0 Å². The van der Waals surface area contributed by atoms with E-state index in [1.165, 1.54) is 0 Å². The van der Waals surface area contributed by atoms with E-state index >= 15 is 0 Å². The Labute approximate surface area is 147 Å². The van der Waals surface area contributed by atoms with Crippen LogP contribution in [-0.2, 0) is 4.74 Å². The third-order valence-electron chi connectivity index (χ3n) is 3.98. The summed E-state index contributed by atoms with van der Waals surface area (Å²) in [6.45, 7) is 3.84. The molecule has 1 aromatic carbocycles. The van der Waals surface area contributed by atoms with E-state index in [9.17, 15) is 4.79 Å². The first-order valence-corrected chi connectivity index (χ1v) is 8.60. The molecular formula is C19H23N3O3. The number of carbonyl (C=O) groups excluding carboxylic acids is 1. The summed E-state index contributed by atoms with van der Waals surface area (Å²) in [7, 11) is 0. The van der Waals surface area contributed by atoms with Crippen molar-refractivity contribution >= 4 is 17.3 Å². The maximum atomic E-state index is 12.3. The van der Waals surface area contributed by atoms with Crippen molar-refractivity contribution in [1.82, 2.24) is 10.3 Å². The molecule has 2 aromatic rings. The third-order valence-corrected chi connectivity index (χ3v) is 3.98. The van der Waals surface area contributed by atoms with E-state index in [0.29, 0.717) is 18.7 Å². The number of carbonyl (C=O) groups is 1. The van der Waals surface area contributed by atoms with E-state index in [0.717, 1.165) is 36.6 Å². The van der Waals surface area contributed by atoms with Crippen LogP contribution in [0.15, 0.2) is 42.7 Å². The predicted octanol–water partition coefficient (Wildman–Crippen LogP) is 3.13.